The molecule has 0 fully saturated rings. The van der Waals surface area contributed by atoms with Crippen molar-refractivity contribution in [2.75, 3.05) is 6.54 Å². The van der Waals surface area contributed by atoms with Gasteiger partial charge in [0.2, 0.25) is 17.7 Å². The summed E-state index contributed by atoms with van der Waals surface area (Å²) in [5, 5.41) is 26.2. The highest BCUT2D eigenvalue weighted by Crippen LogP contribution is 2.08. The highest BCUT2D eigenvalue weighted by molar-refractivity contribution is 5.95. The van der Waals surface area contributed by atoms with Crippen LogP contribution < -0.4 is 27.4 Å². The van der Waals surface area contributed by atoms with Crippen molar-refractivity contribution in [2.24, 2.45) is 11.5 Å². The van der Waals surface area contributed by atoms with Gasteiger partial charge in [0.15, 0.2) is 0 Å². The van der Waals surface area contributed by atoms with Crippen molar-refractivity contribution in [3.63, 3.8) is 0 Å². The van der Waals surface area contributed by atoms with Crippen LogP contribution >= 0.6 is 0 Å². The Morgan fingerprint density at radius 1 is 0.675 bits per heavy atom. The second-order valence-corrected chi connectivity index (χ2v) is 9.39. The SMILES string of the molecule is NCCCCC(NC(=O)C(Cc1ccccc1)NC(=O)C(CC(=O)O)NC(=O)C(N)Cc1ccccc1)C(=O)O. The third-order valence-corrected chi connectivity index (χ3v) is 6.12. The number of hydrogen-bond acceptors (Lipinski definition) is 7. The highest BCUT2D eigenvalue weighted by atomic mass is 16.4. The van der Waals surface area contributed by atoms with Gasteiger partial charge in [-0.2, -0.15) is 0 Å². The second kappa shape index (κ2) is 16.6. The molecule has 9 N–H and O–H groups in total. The Balaban J connectivity index is 2.18. The van der Waals surface area contributed by atoms with Crippen LogP contribution in [0.25, 0.3) is 0 Å². The Morgan fingerprint density at radius 3 is 1.70 bits per heavy atom. The van der Waals surface area contributed by atoms with Crippen molar-refractivity contribution < 1.29 is 34.2 Å². The van der Waals surface area contributed by atoms with Gasteiger partial charge < -0.3 is 37.6 Å². The zero-order valence-electron chi connectivity index (χ0n) is 22.1. The van der Waals surface area contributed by atoms with Crippen LogP contribution in [0.15, 0.2) is 60.7 Å². The first-order valence-electron chi connectivity index (χ1n) is 13.0. The molecule has 0 aromatic heterocycles. The molecule has 0 aliphatic heterocycles. The maximum atomic E-state index is 13.2. The summed E-state index contributed by atoms with van der Waals surface area (Å²) in [6, 6.07) is 12.6. The molecule has 40 heavy (non-hydrogen) atoms. The van der Waals surface area contributed by atoms with Crippen molar-refractivity contribution >= 4 is 29.7 Å². The quantitative estimate of drug-likeness (QED) is 0.130. The second-order valence-electron chi connectivity index (χ2n) is 9.39. The molecule has 2 aromatic carbocycles. The van der Waals surface area contributed by atoms with Gasteiger partial charge in [-0.1, -0.05) is 60.7 Å². The minimum Gasteiger partial charge on any atom is -0.481 e. The summed E-state index contributed by atoms with van der Waals surface area (Å²) in [5.41, 5.74) is 12.9. The van der Waals surface area contributed by atoms with E-state index in [0.717, 1.165) is 5.56 Å². The maximum absolute atomic E-state index is 13.2. The van der Waals surface area contributed by atoms with Gasteiger partial charge in [0.1, 0.15) is 18.1 Å². The summed E-state index contributed by atoms with van der Waals surface area (Å²) in [4.78, 5) is 62.3. The molecule has 2 aromatic rings. The van der Waals surface area contributed by atoms with E-state index < -0.39 is 60.2 Å². The van der Waals surface area contributed by atoms with Gasteiger partial charge in [-0.05, 0) is 43.4 Å². The van der Waals surface area contributed by atoms with Gasteiger partial charge in [0.05, 0.1) is 12.5 Å². The minimum absolute atomic E-state index is 0.00515. The Morgan fingerprint density at radius 2 is 1.18 bits per heavy atom. The summed E-state index contributed by atoms with van der Waals surface area (Å²) in [6.07, 6.45) is 0.586. The number of nitrogens with two attached hydrogens (primary N) is 2. The number of rotatable bonds is 17. The lowest BCUT2D eigenvalue weighted by Gasteiger charge is -2.25. The molecule has 0 radical (unpaired) electrons. The van der Waals surface area contributed by atoms with Crippen molar-refractivity contribution in [2.45, 2.75) is 62.7 Å². The fraction of sp³-hybridized carbons (Fsp3) is 0.393. The Bertz CT molecular complexity index is 1130. The van der Waals surface area contributed by atoms with Gasteiger partial charge in [-0.3, -0.25) is 19.2 Å². The lowest BCUT2D eigenvalue weighted by atomic mass is 10.0. The predicted octanol–water partition coefficient (Wildman–Crippen LogP) is -0.0582. The third-order valence-electron chi connectivity index (χ3n) is 6.12. The van der Waals surface area contributed by atoms with Crippen LogP contribution in [0.3, 0.4) is 0 Å². The van der Waals surface area contributed by atoms with Gasteiger partial charge in [-0.15, -0.1) is 0 Å². The molecule has 4 unspecified atom stereocenters. The standard InChI is InChI=1S/C28H37N5O7/c29-14-8-7-13-21(28(39)40)31-26(37)22(16-19-11-5-2-6-12-19)33-27(38)23(17-24(34)35)32-25(36)20(30)15-18-9-3-1-4-10-18/h1-6,9-12,20-23H,7-8,13-17,29-30H2,(H,31,37)(H,32,36)(H,33,38)(H,34,35)(H,39,40). The Hall–Kier alpha value is -4.29. The number of benzene rings is 2. The molecular weight excluding hydrogens is 518 g/mol. The molecule has 0 saturated carbocycles. The lowest BCUT2D eigenvalue weighted by molar-refractivity contribution is -0.143. The normalized spacial score (nSPS) is 13.8. The molecule has 216 valence electrons. The monoisotopic (exact) mass is 555 g/mol. The number of carboxylic acid groups (broad SMARTS) is 2. The first-order valence-corrected chi connectivity index (χ1v) is 13.0. The number of hydrogen-bond donors (Lipinski definition) is 7. The van der Waals surface area contributed by atoms with Crippen LogP contribution in [0.4, 0.5) is 0 Å². The van der Waals surface area contributed by atoms with E-state index in [9.17, 15) is 34.2 Å². The van der Waals surface area contributed by atoms with Crippen LogP contribution in [0.5, 0.6) is 0 Å². The molecule has 12 nitrogen and oxygen atoms in total. The summed E-state index contributed by atoms with van der Waals surface area (Å²) in [5.74, 6) is -5.02. The van der Waals surface area contributed by atoms with E-state index in [1.165, 1.54) is 0 Å². The van der Waals surface area contributed by atoms with Crippen molar-refractivity contribution in [3.8, 4) is 0 Å². The van der Waals surface area contributed by atoms with Crippen LogP contribution in [-0.2, 0) is 36.8 Å². The molecule has 0 saturated heterocycles. The van der Waals surface area contributed by atoms with Gasteiger partial charge in [0.25, 0.3) is 0 Å². The molecule has 0 aliphatic carbocycles. The molecule has 12 heteroatoms. The first kappa shape index (κ1) is 31.9. The molecule has 0 spiro atoms. The van der Waals surface area contributed by atoms with Crippen LogP contribution in [-0.4, -0.2) is 70.6 Å². The van der Waals surface area contributed by atoms with Crippen molar-refractivity contribution in [1.29, 1.82) is 0 Å². The Kier molecular flexibility index (Phi) is 13.3. The molecular formula is C28H37N5O7. The smallest absolute Gasteiger partial charge is 0.326 e. The maximum Gasteiger partial charge on any atom is 0.326 e. The van der Waals surface area contributed by atoms with E-state index in [2.05, 4.69) is 16.0 Å². The average molecular weight is 556 g/mol. The van der Waals surface area contributed by atoms with Gasteiger partial charge >= 0.3 is 11.9 Å². The van der Waals surface area contributed by atoms with E-state index in [1.807, 2.05) is 6.07 Å². The van der Waals surface area contributed by atoms with Crippen LogP contribution in [0.1, 0.15) is 36.8 Å². The summed E-state index contributed by atoms with van der Waals surface area (Å²) >= 11 is 0. The molecule has 0 aliphatic rings. The summed E-state index contributed by atoms with van der Waals surface area (Å²) in [6.45, 7) is 0.374. The predicted molar refractivity (Wildman–Crippen MR) is 147 cm³/mol. The number of aliphatic carboxylic acids is 2. The molecule has 4 atom stereocenters. The number of carbonyl (C=O) groups is 5. The molecule has 3 amide bonds. The zero-order chi connectivity index (χ0) is 29.5. The fourth-order valence-electron chi connectivity index (χ4n) is 3.98. The average Bonchev–Trinajstić information content (AvgIpc) is 2.92. The molecule has 2 rings (SSSR count). The van der Waals surface area contributed by atoms with E-state index in [1.54, 1.807) is 54.6 Å². The van der Waals surface area contributed by atoms with E-state index in [0.29, 0.717) is 24.9 Å². The summed E-state index contributed by atoms with van der Waals surface area (Å²) < 4.78 is 0. The van der Waals surface area contributed by atoms with Gasteiger partial charge in [0, 0.05) is 6.42 Å². The number of amides is 3. The number of carbonyl (C=O) groups excluding carboxylic acids is 3. The fourth-order valence-corrected chi connectivity index (χ4v) is 3.98. The third kappa shape index (κ3) is 11.2. The summed E-state index contributed by atoms with van der Waals surface area (Å²) in [7, 11) is 0. The van der Waals surface area contributed by atoms with E-state index in [4.69, 9.17) is 11.5 Å². The highest BCUT2D eigenvalue weighted by Gasteiger charge is 2.31. The first-order chi connectivity index (χ1) is 19.1. The lowest BCUT2D eigenvalue weighted by Crippen LogP contribution is -2.58. The van der Waals surface area contributed by atoms with Crippen molar-refractivity contribution in [3.05, 3.63) is 71.8 Å². The van der Waals surface area contributed by atoms with E-state index in [-0.39, 0.29) is 19.3 Å². The number of nitrogens with one attached hydrogen (secondary N) is 3. The number of unbranched alkanes of at least 4 members (excludes halogenated alkanes) is 1. The topological polar surface area (TPSA) is 214 Å². The van der Waals surface area contributed by atoms with E-state index >= 15 is 0 Å². The zero-order valence-corrected chi connectivity index (χ0v) is 22.1. The van der Waals surface area contributed by atoms with Gasteiger partial charge in [-0.25, -0.2) is 4.79 Å². The largest absolute Gasteiger partial charge is 0.481 e. The van der Waals surface area contributed by atoms with Crippen LogP contribution in [0.2, 0.25) is 0 Å². The van der Waals surface area contributed by atoms with Crippen LogP contribution in [0, 0.1) is 0 Å². The Labute approximate surface area is 232 Å². The van der Waals surface area contributed by atoms with Crippen molar-refractivity contribution in [1.82, 2.24) is 16.0 Å². The molecule has 0 heterocycles. The minimum atomic E-state index is -1.53. The molecule has 0 bridgehead atoms. The number of carboxylic acids is 2.